The number of rotatable bonds is 20. The number of ether oxygens (including phenoxy) is 2. The summed E-state index contributed by atoms with van der Waals surface area (Å²) in [7, 11) is -4.28. The normalized spacial score (nSPS) is 13.0. The van der Waals surface area contributed by atoms with Gasteiger partial charge in [-0.1, -0.05) is 88.1 Å². The molecule has 1 N–H and O–H groups in total. The summed E-state index contributed by atoms with van der Waals surface area (Å²) < 4.78 is 36.6. The number of hydrogen-bond donors (Lipinski definition) is 1. The van der Waals surface area contributed by atoms with E-state index in [0.717, 1.165) is 18.4 Å². The molecule has 2 atom stereocenters. The first-order valence-electron chi connectivity index (χ1n) is 15.1. The maximum atomic E-state index is 14.1. The first kappa shape index (κ1) is 35.3. The van der Waals surface area contributed by atoms with E-state index in [2.05, 4.69) is 5.09 Å². The molecule has 12 heteroatoms. The predicted molar refractivity (Wildman–Crippen MR) is 170 cm³/mol. The van der Waals surface area contributed by atoms with Crippen molar-refractivity contribution in [2.45, 2.75) is 71.4 Å². The summed E-state index contributed by atoms with van der Waals surface area (Å²) in [4.78, 5) is 36.0. The number of carbonyl (C=O) groups is 2. The molecule has 0 aromatic heterocycles. The number of nitrogens with zero attached hydrogens (tertiary/aromatic N) is 1. The Balaban J connectivity index is 1.68. The molecule has 0 spiro atoms. The summed E-state index contributed by atoms with van der Waals surface area (Å²) in [5.41, 5.74) is 0.741. The second-order valence-corrected chi connectivity index (χ2v) is 12.1. The van der Waals surface area contributed by atoms with Gasteiger partial charge in [0.2, 0.25) is 0 Å². The SMILES string of the molecule is CCC(CC)COC(=O)[C@H](CCCCCC(=O)OCc1ccccc1)NP(=O)(Oc1ccccc1)Oc1ccc([N+](=O)[O-])cc1. The highest BCUT2D eigenvalue weighted by atomic mass is 31.2. The molecule has 3 aromatic rings. The highest BCUT2D eigenvalue weighted by Crippen LogP contribution is 2.46. The molecule has 1 unspecified atom stereocenters. The summed E-state index contributed by atoms with van der Waals surface area (Å²) in [6, 6.07) is 21.7. The summed E-state index contributed by atoms with van der Waals surface area (Å²) >= 11 is 0. The molecule has 11 nitrogen and oxygen atoms in total. The lowest BCUT2D eigenvalue weighted by molar-refractivity contribution is -0.384. The van der Waals surface area contributed by atoms with Gasteiger partial charge in [0, 0.05) is 18.6 Å². The zero-order valence-electron chi connectivity index (χ0n) is 25.7. The fourth-order valence-corrected chi connectivity index (χ4v) is 5.87. The average Bonchev–Trinajstić information content (AvgIpc) is 3.04. The second kappa shape index (κ2) is 18.6. The van der Waals surface area contributed by atoms with Crippen molar-refractivity contribution >= 4 is 25.4 Å². The van der Waals surface area contributed by atoms with Gasteiger partial charge < -0.3 is 18.5 Å². The molecule has 3 rings (SSSR count). The minimum atomic E-state index is -4.28. The lowest BCUT2D eigenvalue weighted by Gasteiger charge is -2.25. The number of nitro groups is 1. The highest BCUT2D eigenvalue weighted by molar-refractivity contribution is 7.52. The first-order valence-corrected chi connectivity index (χ1v) is 16.7. The monoisotopic (exact) mass is 640 g/mol. The number of nitro benzene ring substituents is 1. The van der Waals surface area contributed by atoms with Crippen LogP contribution in [-0.2, 0) is 30.2 Å². The highest BCUT2D eigenvalue weighted by Gasteiger charge is 2.36. The summed E-state index contributed by atoms with van der Waals surface area (Å²) in [6.07, 6.45) is 3.77. The molecule has 0 saturated heterocycles. The van der Waals surface area contributed by atoms with E-state index < -0.39 is 24.7 Å². The van der Waals surface area contributed by atoms with E-state index in [9.17, 15) is 24.3 Å². The Hall–Kier alpha value is -4.21. The lowest BCUT2D eigenvalue weighted by Crippen LogP contribution is -2.39. The molecule has 45 heavy (non-hydrogen) atoms. The van der Waals surface area contributed by atoms with Crippen molar-refractivity contribution in [2.75, 3.05) is 6.61 Å². The van der Waals surface area contributed by atoms with Crippen LogP contribution in [0.3, 0.4) is 0 Å². The van der Waals surface area contributed by atoms with Gasteiger partial charge in [-0.15, -0.1) is 0 Å². The van der Waals surface area contributed by atoms with Crippen molar-refractivity contribution in [1.29, 1.82) is 0 Å². The molecule has 0 radical (unpaired) electrons. The van der Waals surface area contributed by atoms with Crippen LogP contribution in [0.25, 0.3) is 0 Å². The van der Waals surface area contributed by atoms with Crippen LogP contribution in [0, 0.1) is 16.0 Å². The predicted octanol–water partition coefficient (Wildman–Crippen LogP) is 7.79. The Bertz CT molecular complexity index is 1380. The van der Waals surface area contributed by atoms with Crippen LogP contribution in [0.2, 0.25) is 0 Å². The van der Waals surface area contributed by atoms with Gasteiger partial charge in [0.25, 0.3) is 5.69 Å². The number of carbonyl (C=O) groups excluding carboxylic acids is 2. The largest absolute Gasteiger partial charge is 0.513 e. The third-order valence-corrected chi connectivity index (χ3v) is 8.60. The third kappa shape index (κ3) is 12.7. The second-order valence-electron chi connectivity index (χ2n) is 10.5. The number of esters is 2. The molecule has 0 bridgehead atoms. The molecule has 242 valence electrons. The standard InChI is InChI=1S/C33H41N2O9P/c1-3-26(4-2)24-42-33(37)31(18-12-7-13-19-32(36)41-25-27-14-8-5-9-15-27)34-45(40,43-29-16-10-6-11-17-29)44-30-22-20-28(21-23-30)35(38)39/h5-6,8-11,14-17,20-23,26,31H,3-4,7,12-13,18-19,24-25H2,1-2H3,(H,34,40)/t31-,45?/m0/s1. The molecule has 0 saturated carbocycles. The Labute approximate surface area is 264 Å². The van der Waals surface area contributed by atoms with Gasteiger partial charge in [0.15, 0.2) is 0 Å². The zero-order chi connectivity index (χ0) is 32.5. The van der Waals surface area contributed by atoms with Gasteiger partial charge in [-0.3, -0.25) is 19.7 Å². The minimum absolute atomic E-state index is 0.0468. The molecule has 3 aromatic carbocycles. The Kier molecular flexibility index (Phi) is 14.6. The van der Waals surface area contributed by atoms with E-state index in [1.54, 1.807) is 30.3 Å². The molecule has 0 amide bonds. The van der Waals surface area contributed by atoms with Gasteiger partial charge in [-0.25, -0.2) is 4.57 Å². The van der Waals surface area contributed by atoms with E-state index in [1.807, 2.05) is 44.2 Å². The number of hydrogen-bond acceptors (Lipinski definition) is 9. The van der Waals surface area contributed by atoms with Crippen molar-refractivity contribution in [1.82, 2.24) is 5.09 Å². The molecule has 0 aliphatic rings. The fraction of sp³-hybridized carbons (Fsp3) is 0.394. The Morgan fingerprint density at radius 3 is 2.02 bits per heavy atom. The van der Waals surface area contributed by atoms with Crippen LogP contribution in [0.4, 0.5) is 5.69 Å². The Morgan fingerprint density at radius 1 is 0.822 bits per heavy atom. The van der Waals surface area contributed by atoms with Crippen molar-refractivity contribution in [3.63, 3.8) is 0 Å². The summed E-state index contributed by atoms with van der Waals surface area (Å²) in [6.45, 7) is 4.45. The van der Waals surface area contributed by atoms with E-state index in [-0.39, 0.29) is 55.1 Å². The van der Waals surface area contributed by atoms with Crippen molar-refractivity contribution in [3.05, 3.63) is 101 Å². The first-order chi connectivity index (χ1) is 21.7. The van der Waals surface area contributed by atoms with Gasteiger partial charge in [-0.2, -0.15) is 5.09 Å². The van der Waals surface area contributed by atoms with E-state index in [1.165, 1.54) is 24.3 Å². The van der Waals surface area contributed by atoms with Gasteiger partial charge in [-0.05, 0) is 48.6 Å². The Morgan fingerprint density at radius 2 is 1.42 bits per heavy atom. The van der Waals surface area contributed by atoms with E-state index >= 15 is 0 Å². The van der Waals surface area contributed by atoms with Crippen LogP contribution in [0.1, 0.15) is 64.4 Å². The smallest absolute Gasteiger partial charge is 0.464 e. The number of benzene rings is 3. The summed E-state index contributed by atoms with van der Waals surface area (Å²) in [5, 5.41) is 13.9. The van der Waals surface area contributed by atoms with Crippen LogP contribution >= 0.6 is 7.75 Å². The zero-order valence-corrected chi connectivity index (χ0v) is 26.6. The number of nitrogens with one attached hydrogen (secondary N) is 1. The number of para-hydroxylation sites is 1. The number of unbranched alkanes of at least 4 members (excludes halogenated alkanes) is 2. The quantitative estimate of drug-likeness (QED) is 0.0427. The minimum Gasteiger partial charge on any atom is -0.464 e. The van der Waals surface area contributed by atoms with Gasteiger partial charge in [0.1, 0.15) is 24.1 Å². The van der Waals surface area contributed by atoms with Gasteiger partial charge in [0.05, 0.1) is 11.5 Å². The van der Waals surface area contributed by atoms with Crippen molar-refractivity contribution in [3.8, 4) is 11.5 Å². The van der Waals surface area contributed by atoms with E-state index in [0.29, 0.717) is 19.3 Å². The number of non-ortho nitro benzene ring substituents is 1. The molecule has 0 aliphatic heterocycles. The third-order valence-electron chi connectivity index (χ3n) is 7.07. The van der Waals surface area contributed by atoms with Crippen molar-refractivity contribution in [2.24, 2.45) is 5.92 Å². The van der Waals surface area contributed by atoms with Crippen LogP contribution in [0.15, 0.2) is 84.9 Å². The average molecular weight is 641 g/mol. The fourth-order valence-electron chi connectivity index (χ4n) is 4.31. The molecular formula is C33H41N2O9P. The molecule has 0 heterocycles. The molecular weight excluding hydrogens is 599 g/mol. The maximum Gasteiger partial charge on any atom is 0.513 e. The topological polar surface area (TPSA) is 143 Å². The van der Waals surface area contributed by atoms with Crippen molar-refractivity contribution < 1.29 is 37.6 Å². The summed E-state index contributed by atoms with van der Waals surface area (Å²) in [5.74, 6) is -0.456. The van der Waals surface area contributed by atoms with Crippen LogP contribution in [0.5, 0.6) is 11.5 Å². The van der Waals surface area contributed by atoms with E-state index in [4.69, 9.17) is 18.5 Å². The molecule has 0 fully saturated rings. The van der Waals surface area contributed by atoms with Crippen LogP contribution < -0.4 is 14.1 Å². The maximum absolute atomic E-state index is 14.1. The lowest BCUT2D eigenvalue weighted by atomic mass is 10.1. The van der Waals surface area contributed by atoms with Crippen LogP contribution in [-0.4, -0.2) is 29.5 Å². The molecule has 0 aliphatic carbocycles. The van der Waals surface area contributed by atoms with Gasteiger partial charge >= 0.3 is 19.7 Å².